The number of piperidine rings is 1. The Hall–Kier alpha value is -3.29. The van der Waals surface area contributed by atoms with Gasteiger partial charge in [0.2, 0.25) is 11.7 Å². The highest BCUT2D eigenvalue weighted by molar-refractivity contribution is 5.53. The zero-order chi connectivity index (χ0) is 18.2. The minimum atomic E-state index is 0.191. The lowest BCUT2D eigenvalue weighted by Crippen LogP contribution is -2.36. The Balaban J connectivity index is 1.43. The van der Waals surface area contributed by atoms with Crippen molar-refractivity contribution >= 4 is 11.5 Å². The average Bonchev–Trinajstić information content (AvgIpc) is 3.38. The predicted octanol–water partition coefficient (Wildman–Crippen LogP) is 2.87. The zero-order valence-electron chi connectivity index (χ0n) is 15.0. The molecule has 0 aromatic carbocycles. The van der Waals surface area contributed by atoms with E-state index in [4.69, 9.17) is 4.52 Å². The van der Waals surface area contributed by atoms with Crippen LogP contribution < -0.4 is 4.90 Å². The molecule has 0 N–H and O–H groups in total. The molecule has 0 unspecified atom stereocenters. The van der Waals surface area contributed by atoms with Gasteiger partial charge in [-0.3, -0.25) is 4.98 Å². The highest BCUT2D eigenvalue weighted by atomic mass is 16.5. The Kier molecular flexibility index (Phi) is 3.81. The molecule has 27 heavy (non-hydrogen) atoms. The van der Waals surface area contributed by atoms with Gasteiger partial charge in [0.1, 0.15) is 5.82 Å². The van der Waals surface area contributed by atoms with E-state index in [2.05, 4.69) is 36.2 Å². The Labute approximate surface area is 155 Å². The molecule has 0 saturated carbocycles. The third-order valence-corrected chi connectivity index (χ3v) is 4.92. The second-order valence-corrected chi connectivity index (χ2v) is 6.84. The molecule has 0 aliphatic carbocycles. The van der Waals surface area contributed by atoms with Gasteiger partial charge in [0, 0.05) is 48.9 Å². The minimum Gasteiger partial charge on any atom is -0.356 e. The third kappa shape index (κ3) is 2.92. The molecule has 5 rings (SSSR count). The van der Waals surface area contributed by atoms with Crippen LogP contribution in [-0.4, -0.2) is 42.8 Å². The number of hydrogen-bond donors (Lipinski definition) is 0. The lowest BCUT2D eigenvalue weighted by molar-refractivity contribution is 0.333. The van der Waals surface area contributed by atoms with E-state index < -0.39 is 0 Å². The summed E-state index contributed by atoms with van der Waals surface area (Å²) in [5.74, 6) is 2.51. The van der Waals surface area contributed by atoms with E-state index in [1.807, 2.05) is 29.6 Å². The van der Waals surface area contributed by atoms with Crippen molar-refractivity contribution in [2.45, 2.75) is 25.7 Å². The number of nitrogens with zero attached hydrogens (tertiary/aromatic N) is 7. The summed E-state index contributed by atoms with van der Waals surface area (Å²) in [6.07, 6.45) is 7.34. The van der Waals surface area contributed by atoms with Crippen LogP contribution >= 0.6 is 0 Å². The first-order chi connectivity index (χ1) is 13.3. The SMILES string of the molecule is Cc1cc(N2CCC[C@H](c3nc(-c4cccnc4)no3)C2)n2nccc2n1. The monoisotopic (exact) mass is 361 g/mol. The minimum absolute atomic E-state index is 0.191. The van der Waals surface area contributed by atoms with E-state index in [0.717, 1.165) is 48.7 Å². The molecule has 1 fully saturated rings. The maximum atomic E-state index is 5.59. The van der Waals surface area contributed by atoms with Gasteiger partial charge in [-0.05, 0) is 31.9 Å². The van der Waals surface area contributed by atoms with Crippen LogP contribution in [0.2, 0.25) is 0 Å². The summed E-state index contributed by atoms with van der Waals surface area (Å²) >= 11 is 0. The molecule has 1 aliphatic rings. The van der Waals surface area contributed by atoms with Crippen molar-refractivity contribution in [2.75, 3.05) is 18.0 Å². The van der Waals surface area contributed by atoms with Crippen LogP contribution in [0.15, 0.2) is 47.4 Å². The summed E-state index contributed by atoms with van der Waals surface area (Å²) in [7, 11) is 0. The Morgan fingerprint density at radius 3 is 3.04 bits per heavy atom. The first-order valence-corrected chi connectivity index (χ1v) is 9.08. The van der Waals surface area contributed by atoms with Gasteiger partial charge >= 0.3 is 0 Å². The summed E-state index contributed by atoms with van der Waals surface area (Å²) in [5.41, 5.74) is 2.71. The molecule has 1 aliphatic heterocycles. The molecule has 8 heteroatoms. The van der Waals surface area contributed by atoms with Crippen molar-refractivity contribution in [1.29, 1.82) is 0 Å². The van der Waals surface area contributed by atoms with Gasteiger partial charge in [-0.25, -0.2) is 4.98 Å². The number of rotatable bonds is 3. The van der Waals surface area contributed by atoms with Crippen LogP contribution in [-0.2, 0) is 0 Å². The summed E-state index contributed by atoms with van der Waals surface area (Å²) in [4.78, 5) is 15.6. The second-order valence-electron chi connectivity index (χ2n) is 6.84. The molecule has 1 atom stereocenters. The highest BCUT2D eigenvalue weighted by Gasteiger charge is 2.28. The van der Waals surface area contributed by atoms with Crippen LogP contribution in [0.25, 0.3) is 17.0 Å². The van der Waals surface area contributed by atoms with Crippen molar-refractivity contribution in [3.05, 3.63) is 54.4 Å². The maximum Gasteiger partial charge on any atom is 0.231 e. The van der Waals surface area contributed by atoms with E-state index in [-0.39, 0.29) is 5.92 Å². The lowest BCUT2D eigenvalue weighted by atomic mass is 9.98. The van der Waals surface area contributed by atoms with Gasteiger partial charge in [0.25, 0.3) is 0 Å². The first kappa shape index (κ1) is 15.9. The summed E-state index contributed by atoms with van der Waals surface area (Å²) in [5, 5.41) is 8.57. The van der Waals surface area contributed by atoms with E-state index in [1.54, 1.807) is 18.6 Å². The number of hydrogen-bond acceptors (Lipinski definition) is 7. The van der Waals surface area contributed by atoms with Gasteiger partial charge in [-0.2, -0.15) is 14.6 Å². The second kappa shape index (κ2) is 6.46. The molecule has 4 aromatic rings. The van der Waals surface area contributed by atoms with Crippen LogP contribution in [0.5, 0.6) is 0 Å². The molecule has 8 nitrogen and oxygen atoms in total. The topological polar surface area (TPSA) is 85.2 Å². The van der Waals surface area contributed by atoms with Gasteiger partial charge in [-0.15, -0.1) is 0 Å². The Morgan fingerprint density at radius 1 is 1.19 bits per heavy atom. The van der Waals surface area contributed by atoms with Crippen molar-refractivity contribution in [2.24, 2.45) is 0 Å². The van der Waals surface area contributed by atoms with Crippen molar-refractivity contribution < 1.29 is 4.52 Å². The van der Waals surface area contributed by atoms with E-state index >= 15 is 0 Å². The molecule has 1 saturated heterocycles. The van der Waals surface area contributed by atoms with E-state index in [1.165, 1.54) is 0 Å². The standard InChI is InChI=1S/C19H19N7O/c1-13-10-17(26-16(22-13)6-8-21-26)25-9-3-5-15(12-25)19-23-18(24-27-19)14-4-2-7-20-11-14/h2,4,6-8,10-11,15H,3,5,9,12H2,1H3/t15-/m0/s1. The number of fused-ring (bicyclic) bond motifs is 1. The zero-order valence-corrected chi connectivity index (χ0v) is 15.0. The van der Waals surface area contributed by atoms with Crippen LogP contribution in [0, 0.1) is 6.92 Å². The van der Waals surface area contributed by atoms with E-state index in [9.17, 15) is 0 Å². The normalized spacial score (nSPS) is 17.5. The quantitative estimate of drug-likeness (QED) is 0.554. The average molecular weight is 361 g/mol. The first-order valence-electron chi connectivity index (χ1n) is 9.08. The van der Waals surface area contributed by atoms with Crippen molar-refractivity contribution in [1.82, 2.24) is 29.7 Å². The number of aryl methyl sites for hydroxylation is 1. The maximum absolute atomic E-state index is 5.59. The predicted molar refractivity (Wildman–Crippen MR) is 99.4 cm³/mol. The summed E-state index contributed by atoms with van der Waals surface area (Å²) in [6.45, 7) is 3.79. The summed E-state index contributed by atoms with van der Waals surface area (Å²) < 4.78 is 7.48. The number of aromatic nitrogens is 6. The molecule has 0 spiro atoms. The molecule has 136 valence electrons. The molecular weight excluding hydrogens is 342 g/mol. The van der Waals surface area contributed by atoms with Gasteiger partial charge in [0.15, 0.2) is 5.65 Å². The smallest absolute Gasteiger partial charge is 0.231 e. The van der Waals surface area contributed by atoms with Crippen LogP contribution in [0.3, 0.4) is 0 Å². The van der Waals surface area contributed by atoms with Gasteiger partial charge < -0.3 is 9.42 Å². The Bertz CT molecular complexity index is 1070. The van der Waals surface area contributed by atoms with Crippen molar-refractivity contribution in [3.63, 3.8) is 0 Å². The fourth-order valence-corrected chi connectivity index (χ4v) is 3.64. The molecule has 0 bridgehead atoms. The van der Waals surface area contributed by atoms with Crippen molar-refractivity contribution in [3.8, 4) is 11.4 Å². The van der Waals surface area contributed by atoms with Crippen LogP contribution in [0.1, 0.15) is 30.3 Å². The van der Waals surface area contributed by atoms with Gasteiger partial charge in [-0.1, -0.05) is 5.16 Å². The fourth-order valence-electron chi connectivity index (χ4n) is 3.64. The van der Waals surface area contributed by atoms with E-state index in [0.29, 0.717) is 11.7 Å². The lowest BCUT2D eigenvalue weighted by Gasteiger charge is -2.32. The van der Waals surface area contributed by atoms with Crippen LogP contribution in [0.4, 0.5) is 5.82 Å². The number of pyridine rings is 1. The molecule has 0 amide bonds. The van der Waals surface area contributed by atoms with Gasteiger partial charge in [0.05, 0.1) is 12.1 Å². The largest absolute Gasteiger partial charge is 0.356 e. The molecule has 4 aromatic heterocycles. The third-order valence-electron chi connectivity index (χ3n) is 4.92. The molecule has 5 heterocycles. The summed E-state index contributed by atoms with van der Waals surface area (Å²) in [6, 6.07) is 7.81. The molecular formula is C19H19N7O. The number of anilines is 1. The highest BCUT2D eigenvalue weighted by Crippen LogP contribution is 2.30. The Morgan fingerprint density at radius 2 is 2.15 bits per heavy atom. The molecule has 0 radical (unpaired) electrons. The fraction of sp³-hybridized carbons (Fsp3) is 0.316.